The first kappa shape index (κ1) is 13.5. The second kappa shape index (κ2) is 5.38. The van der Waals surface area contributed by atoms with Crippen molar-refractivity contribution in [2.45, 2.75) is 24.2 Å². The fraction of sp³-hybridized carbons (Fsp3) is 0.545. The molecule has 0 unspecified atom stereocenters. The van der Waals surface area contributed by atoms with E-state index in [-0.39, 0.29) is 9.77 Å². The molecule has 0 spiro atoms. The van der Waals surface area contributed by atoms with E-state index in [0.717, 1.165) is 30.6 Å². The Morgan fingerprint density at radius 2 is 2.00 bits per heavy atom. The molecule has 1 fully saturated rings. The van der Waals surface area contributed by atoms with Crippen LogP contribution >= 0.6 is 11.3 Å². The Morgan fingerprint density at radius 1 is 1.33 bits per heavy atom. The van der Waals surface area contributed by atoms with E-state index in [9.17, 15) is 13.2 Å². The van der Waals surface area contributed by atoms with Gasteiger partial charge >= 0.3 is 5.97 Å². The number of thiophene rings is 1. The third kappa shape index (κ3) is 2.43. The van der Waals surface area contributed by atoms with Gasteiger partial charge in [-0.15, -0.1) is 11.3 Å². The Bertz CT molecular complexity index is 529. The molecule has 0 aromatic carbocycles. The summed E-state index contributed by atoms with van der Waals surface area (Å²) >= 11 is 1.09. The molecule has 100 valence electrons. The average Bonchev–Trinajstić information content (AvgIpc) is 2.89. The average molecular weight is 289 g/mol. The normalized spacial score (nSPS) is 17.6. The molecular weight excluding hydrogens is 274 g/mol. The predicted molar refractivity (Wildman–Crippen MR) is 68.3 cm³/mol. The Balaban J connectivity index is 2.35. The highest BCUT2D eigenvalue weighted by Gasteiger charge is 2.31. The maximum Gasteiger partial charge on any atom is 0.349 e. The van der Waals surface area contributed by atoms with Crippen molar-refractivity contribution in [2.24, 2.45) is 0 Å². The van der Waals surface area contributed by atoms with Crippen LogP contribution in [0.2, 0.25) is 0 Å². The molecule has 7 heteroatoms. The third-order valence-corrected chi connectivity index (χ3v) is 5.90. The zero-order chi connectivity index (χ0) is 13.2. The van der Waals surface area contributed by atoms with Crippen molar-refractivity contribution in [3.05, 3.63) is 16.3 Å². The van der Waals surface area contributed by atoms with E-state index in [2.05, 4.69) is 4.74 Å². The summed E-state index contributed by atoms with van der Waals surface area (Å²) in [7, 11) is -2.31. The van der Waals surface area contributed by atoms with Gasteiger partial charge in [0.2, 0.25) is 10.0 Å². The van der Waals surface area contributed by atoms with Gasteiger partial charge in [-0.25, -0.2) is 13.2 Å². The summed E-state index contributed by atoms with van der Waals surface area (Å²) in [6.45, 7) is 1.05. The van der Waals surface area contributed by atoms with Gasteiger partial charge in [-0.3, -0.25) is 0 Å². The monoisotopic (exact) mass is 289 g/mol. The van der Waals surface area contributed by atoms with Gasteiger partial charge in [-0.05, 0) is 24.3 Å². The molecule has 0 amide bonds. The lowest BCUT2D eigenvalue weighted by atomic mass is 10.2. The number of esters is 1. The van der Waals surface area contributed by atoms with Crippen LogP contribution in [0.25, 0.3) is 0 Å². The first-order chi connectivity index (χ1) is 8.57. The second-order valence-corrected chi connectivity index (χ2v) is 6.89. The van der Waals surface area contributed by atoms with Crippen molar-refractivity contribution < 1.29 is 17.9 Å². The summed E-state index contributed by atoms with van der Waals surface area (Å²) in [5.41, 5.74) is 0. The molecule has 2 heterocycles. The number of piperidine rings is 1. The summed E-state index contributed by atoms with van der Waals surface area (Å²) in [4.78, 5) is 11.8. The van der Waals surface area contributed by atoms with Crippen LogP contribution in [0.3, 0.4) is 0 Å². The van der Waals surface area contributed by atoms with Crippen molar-refractivity contribution in [2.75, 3.05) is 20.2 Å². The predicted octanol–water partition coefficient (Wildman–Crippen LogP) is 1.71. The maximum atomic E-state index is 12.4. The van der Waals surface area contributed by atoms with Crippen LogP contribution in [-0.2, 0) is 14.8 Å². The smallest absolute Gasteiger partial charge is 0.349 e. The fourth-order valence-electron chi connectivity index (χ4n) is 1.99. The van der Waals surface area contributed by atoms with Gasteiger partial charge in [0.25, 0.3) is 0 Å². The number of hydrogen-bond donors (Lipinski definition) is 0. The number of sulfonamides is 1. The Hall–Kier alpha value is -0.920. The molecule has 1 aliphatic rings. The number of methoxy groups -OCH3 is 1. The van der Waals surface area contributed by atoms with Crippen LogP contribution in [0.4, 0.5) is 0 Å². The first-order valence-electron chi connectivity index (χ1n) is 5.73. The molecule has 5 nitrogen and oxygen atoms in total. The highest BCUT2D eigenvalue weighted by molar-refractivity contribution is 7.89. The fourth-order valence-corrected chi connectivity index (χ4v) is 4.81. The van der Waals surface area contributed by atoms with Gasteiger partial charge in [0, 0.05) is 13.1 Å². The highest BCUT2D eigenvalue weighted by Crippen LogP contribution is 2.27. The van der Waals surface area contributed by atoms with Gasteiger partial charge in [0.15, 0.2) is 0 Å². The molecule has 0 N–H and O–H groups in total. The van der Waals surface area contributed by atoms with E-state index in [1.165, 1.54) is 17.5 Å². The standard InChI is InChI=1S/C11H15NO4S2/c1-16-11(13)10-9(5-8-17-10)18(14,15)12-6-3-2-4-7-12/h5,8H,2-4,6-7H2,1H3. The number of rotatable bonds is 3. The SMILES string of the molecule is COC(=O)c1sccc1S(=O)(=O)N1CCCCC1. The van der Waals surface area contributed by atoms with E-state index in [0.29, 0.717) is 13.1 Å². The zero-order valence-corrected chi connectivity index (χ0v) is 11.7. The van der Waals surface area contributed by atoms with E-state index in [1.54, 1.807) is 5.38 Å². The molecule has 1 saturated heterocycles. The highest BCUT2D eigenvalue weighted by atomic mass is 32.2. The quantitative estimate of drug-likeness (QED) is 0.795. The summed E-state index contributed by atoms with van der Waals surface area (Å²) < 4.78 is 30.9. The van der Waals surface area contributed by atoms with Crippen molar-refractivity contribution >= 4 is 27.3 Å². The summed E-state index contributed by atoms with van der Waals surface area (Å²) in [5.74, 6) is -0.597. The van der Waals surface area contributed by atoms with Crippen molar-refractivity contribution in [1.29, 1.82) is 0 Å². The second-order valence-electron chi connectivity index (χ2n) is 4.07. The minimum Gasteiger partial charge on any atom is -0.465 e. The van der Waals surface area contributed by atoms with Crippen molar-refractivity contribution in [3.63, 3.8) is 0 Å². The lowest BCUT2D eigenvalue weighted by Crippen LogP contribution is -2.36. The number of ether oxygens (including phenoxy) is 1. The molecule has 0 bridgehead atoms. The molecule has 1 aliphatic heterocycles. The van der Waals surface area contributed by atoms with Crippen LogP contribution in [0, 0.1) is 0 Å². The van der Waals surface area contributed by atoms with Gasteiger partial charge in [-0.1, -0.05) is 6.42 Å². The Morgan fingerprint density at radius 3 is 2.61 bits per heavy atom. The molecule has 0 atom stereocenters. The van der Waals surface area contributed by atoms with Crippen molar-refractivity contribution in [1.82, 2.24) is 4.31 Å². The number of carbonyl (C=O) groups is 1. The number of hydrogen-bond acceptors (Lipinski definition) is 5. The lowest BCUT2D eigenvalue weighted by Gasteiger charge is -2.25. The lowest BCUT2D eigenvalue weighted by molar-refractivity contribution is 0.0602. The molecule has 18 heavy (non-hydrogen) atoms. The Kier molecular flexibility index (Phi) is 4.04. The molecular formula is C11H15NO4S2. The number of carbonyl (C=O) groups excluding carboxylic acids is 1. The third-order valence-electron chi connectivity index (χ3n) is 2.93. The van der Waals surface area contributed by atoms with E-state index >= 15 is 0 Å². The van der Waals surface area contributed by atoms with E-state index < -0.39 is 16.0 Å². The van der Waals surface area contributed by atoms with Crippen LogP contribution < -0.4 is 0 Å². The molecule has 1 aromatic heterocycles. The van der Waals surface area contributed by atoms with Gasteiger partial charge in [0.1, 0.15) is 9.77 Å². The number of nitrogens with zero attached hydrogens (tertiary/aromatic N) is 1. The topological polar surface area (TPSA) is 63.7 Å². The van der Waals surface area contributed by atoms with Crippen molar-refractivity contribution in [3.8, 4) is 0 Å². The van der Waals surface area contributed by atoms with Crippen LogP contribution in [0.15, 0.2) is 16.3 Å². The van der Waals surface area contributed by atoms with Crippen LogP contribution in [0.5, 0.6) is 0 Å². The minimum atomic E-state index is -3.56. The van der Waals surface area contributed by atoms with Gasteiger partial charge < -0.3 is 4.74 Å². The summed E-state index contributed by atoms with van der Waals surface area (Å²) in [6.07, 6.45) is 2.80. The first-order valence-corrected chi connectivity index (χ1v) is 8.05. The largest absolute Gasteiger partial charge is 0.465 e. The molecule has 0 saturated carbocycles. The zero-order valence-electron chi connectivity index (χ0n) is 10.1. The van der Waals surface area contributed by atoms with Gasteiger partial charge in [0.05, 0.1) is 7.11 Å². The molecule has 0 radical (unpaired) electrons. The minimum absolute atomic E-state index is 0.0706. The molecule has 0 aliphatic carbocycles. The van der Waals surface area contributed by atoms with Gasteiger partial charge in [-0.2, -0.15) is 4.31 Å². The summed E-state index contributed by atoms with van der Waals surface area (Å²) in [5, 5.41) is 1.60. The molecule has 1 aromatic rings. The maximum absolute atomic E-state index is 12.4. The summed E-state index contributed by atoms with van der Waals surface area (Å²) in [6, 6.07) is 1.47. The van der Waals surface area contributed by atoms with Crippen LogP contribution in [-0.4, -0.2) is 38.9 Å². The van der Waals surface area contributed by atoms with E-state index in [4.69, 9.17) is 0 Å². The van der Waals surface area contributed by atoms with E-state index in [1.807, 2.05) is 0 Å². The molecule has 2 rings (SSSR count). The van der Waals surface area contributed by atoms with Crippen LogP contribution in [0.1, 0.15) is 28.9 Å². The Labute approximate surface area is 110 Å².